The van der Waals surface area contributed by atoms with Crippen molar-refractivity contribution in [1.29, 1.82) is 0 Å². The highest BCUT2D eigenvalue weighted by Gasteiger charge is 2.20. The average Bonchev–Trinajstić information content (AvgIpc) is 2.63. The Morgan fingerprint density at radius 3 is 2.56 bits per heavy atom. The van der Waals surface area contributed by atoms with Gasteiger partial charge in [0, 0.05) is 16.5 Å². The molecular weight excluding hydrogens is 370 g/mol. The molecule has 1 heterocycles. The van der Waals surface area contributed by atoms with Gasteiger partial charge < -0.3 is 19.6 Å². The van der Waals surface area contributed by atoms with Gasteiger partial charge in [0.15, 0.2) is 6.61 Å². The number of nitrogens with one attached hydrogen (secondary N) is 1. The van der Waals surface area contributed by atoms with Crippen LogP contribution in [0.5, 0.6) is 5.75 Å². The lowest BCUT2D eigenvalue weighted by atomic mass is 10.0. The molecule has 0 radical (unpaired) electrons. The quantitative estimate of drug-likeness (QED) is 0.664. The molecular formula is C19H23NO6S. The minimum atomic E-state index is -1.08. The summed E-state index contributed by atoms with van der Waals surface area (Å²) in [6, 6.07) is 2.54. The summed E-state index contributed by atoms with van der Waals surface area (Å²) in [4.78, 5) is 35.2. The summed E-state index contributed by atoms with van der Waals surface area (Å²) in [6.45, 7) is 4.97. The van der Waals surface area contributed by atoms with E-state index in [1.807, 2.05) is 13.2 Å². The number of thioether (sulfide) groups is 1. The van der Waals surface area contributed by atoms with Crippen LogP contribution in [-0.2, 0) is 9.59 Å². The Morgan fingerprint density at radius 1 is 1.22 bits per heavy atom. The van der Waals surface area contributed by atoms with Crippen molar-refractivity contribution in [2.75, 3.05) is 18.6 Å². The molecule has 1 aromatic carbocycles. The number of carboxylic acid groups (broad SMARTS) is 1. The van der Waals surface area contributed by atoms with E-state index in [0.29, 0.717) is 34.6 Å². The Morgan fingerprint density at radius 2 is 1.93 bits per heavy atom. The molecule has 7 nitrogen and oxygen atoms in total. The molecule has 0 saturated heterocycles. The van der Waals surface area contributed by atoms with E-state index in [9.17, 15) is 14.4 Å². The maximum atomic E-state index is 12.0. The van der Waals surface area contributed by atoms with E-state index >= 15 is 0 Å². The topological polar surface area (TPSA) is 106 Å². The second-order valence-electron chi connectivity index (χ2n) is 6.23. The van der Waals surface area contributed by atoms with Crippen molar-refractivity contribution in [3.63, 3.8) is 0 Å². The Balaban J connectivity index is 2.14. The number of benzene rings is 1. The van der Waals surface area contributed by atoms with E-state index in [-0.39, 0.29) is 6.61 Å². The van der Waals surface area contributed by atoms with Gasteiger partial charge in [-0.2, -0.15) is 11.8 Å². The number of carbonyl (C=O) groups excluding carboxylic acids is 1. The minimum Gasteiger partial charge on any atom is -0.483 e. The summed E-state index contributed by atoms with van der Waals surface area (Å²) in [5, 5.41) is 12.4. The SMILES string of the molecule is CSCC[C@H](NC(=O)COc1ccc2c(C)c(C)c(=O)oc2c1C)C(=O)O. The van der Waals surface area contributed by atoms with E-state index in [1.165, 1.54) is 11.8 Å². The summed E-state index contributed by atoms with van der Waals surface area (Å²) in [7, 11) is 0. The first-order chi connectivity index (χ1) is 12.8. The second kappa shape index (κ2) is 8.94. The summed E-state index contributed by atoms with van der Waals surface area (Å²) in [5.74, 6) is -0.573. The molecule has 0 saturated carbocycles. The molecule has 146 valence electrons. The molecule has 1 aromatic heterocycles. The number of hydrogen-bond donors (Lipinski definition) is 2. The van der Waals surface area contributed by atoms with E-state index in [1.54, 1.807) is 26.0 Å². The zero-order valence-corrected chi connectivity index (χ0v) is 16.6. The third kappa shape index (κ3) is 4.82. The highest BCUT2D eigenvalue weighted by Crippen LogP contribution is 2.29. The van der Waals surface area contributed by atoms with Crippen molar-refractivity contribution in [3.8, 4) is 5.75 Å². The summed E-state index contributed by atoms with van der Waals surface area (Å²) < 4.78 is 10.9. The minimum absolute atomic E-state index is 0.329. The molecule has 2 rings (SSSR count). The van der Waals surface area contributed by atoms with Crippen LogP contribution in [0.15, 0.2) is 21.3 Å². The van der Waals surface area contributed by atoms with E-state index in [2.05, 4.69) is 5.32 Å². The van der Waals surface area contributed by atoms with Gasteiger partial charge in [-0.05, 0) is 56.9 Å². The van der Waals surface area contributed by atoms with Gasteiger partial charge in [-0.3, -0.25) is 4.79 Å². The number of amides is 1. The fraction of sp³-hybridized carbons (Fsp3) is 0.421. The molecule has 27 heavy (non-hydrogen) atoms. The highest BCUT2D eigenvalue weighted by molar-refractivity contribution is 7.98. The summed E-state index contributed by atoms with van der Waals surface area (Å²) in [6.07, 6.45) is 2.20. The van der Waals surface area contributed by atoms with Crippen molar-refractivity contribution in [2.45, 2.75) is 33.2 Å². The smallest absolute Gasteiger partial charge is 0.339 e. The Labute approximate surface area is 161 Å². The van der Waals surface area contributed by atoms with Crippen LogP contribution in [0.4, 0.5) is 0 Å². The monoisotopic (exact) mass is 393 g/mol. The lowest BCUT2D eigenvalue weighted by Crippen LogP contribution is -2.43. The third-order valence-electron chi connectivity index (χ3n) is 4.43. The van der Waals surface area contributed by atoms with Gasteiger partial charge in [0.2, 0.25) is 0 Å². The zero-order valence-electron chi connectivity index (χ0n) is 15.8. The maximum absolute atomic E-state index is 12.0. The Hall–Kier alpha value is -2.48. The van der Waals surface area contributed by atoms with Gasteiger partial charge in [-0.1, -0.05) is 0 Å². The van der Waals surface area contributed by atoms with Crippen molar-refractivity contribution in [3.05, 3.63) is 39.2 Å². The average molecular weight is 393 g/mol. The van der Waals surface area contributed by atoms with Crippen LogP contribution in [0.3, 0.4) is 0 Å². The Bertz CT molecular complexity index is 921. The molecule has 0 aliphatic heterocycles. The molecule has 0 bridgehead atoms. The molecule has 1 atom stereocenters. The number of ether oxygens (including phenoxy) is 1. The van der Waals surface area contributed by atoms with Crippen LogP contribution in [0.1, 0.15) is 23.1 Å². The molecule has 0 aliphatic carbocycles. The van der Waals surface area contributed by atoms with Crippen molar-refractivity contribution < 1.29 is 23.8 Å². The van der Waals surface area contributed by atoms with Crippen LogP contribution in [-0.4, -0.2) is 41.6 Å². The van der Waals surface area contributed by atoms with Gasteiger partial charge in [0.05, 0.1) is 0 Å². The first-order valence-electron chi connectivity index (χ1n) is 8.43. The van der Waals surface area contributed by atoms with Crippen molar-refractivity contribution in [2.24, 2.45) is 0 Å². The Kier molecular flexibility index (Phi) is 6.90. The number of aryl methyl sites for hydroxylation is 2. The molecule has 0 spiro atoms. The lowest BCUT2D eigenvalue weighted by molar-refractivity contribution is -0.142. The third-order valence-corrected chi connectivity index (χ3v) is 5.07. The van der Waals surface area contributed by atoms with E-state index in [0.717, 1.165) is 10.9 Å². The van der Waals surface area contributed by atoms with Crippen LogP contribution in [0.25, 0.3) is 11.0 Å². The van der Waals surface area contributed by atoms with Crippen molar-refractivity contribution in [1.82, 2.24) is 5.32 Å². The number of carboxylic acids is 1. The van der Waals surface area contributed by atoms with Crippen LogP contribution in [0.2, 0.25) is 0 Å². The summed E-state index contributed by atoms with van der Waals surface area (Å²) >= 11 is 1.51. The van der Waals surface area contributed by atoms with Crippen LogP contribution in [0, 0.1) is 20.8 Å². The number of carbonyl (C=O) groups is 2. The summed E-state index contributed by atoms with van der Waals surface area (Å²) in [5.41, 5.74) is 2.02. The fourth-order valence-electron chi connectivity index (χ4n) is 2.65. The van der Waals surface area contributed by atoms with Crippen molar-refractivity contribution >= 4 is 34.6 Å². The second-order valence-corrected chi connectivity index (χ2v) is 7.22. The zero-order chi connectivity index (χ0) is 20.1. The molecule has 0 unspecified atom stereocenters. The molecule has 2 N–H and O–H groups in total. The molecule has 0 aliphatic rings. The highest BCUT2D eigenvalue weighted by atomic mass is 32.2. The van der Waals surface area contributed by atoms with E-state index < -0.39 is 23.5 Å². The number of aliphatic carboxylic acids is 1. The largest absolute Gasteiger partial charge is 0.483 e. The molecule has 0 fully saturated rings. The standard InChI is InChI=1S/C19H23NO6S/c1-10-11(2)19(24)26-17-12(3)15(6-5-13(10)17)25-9-16(21)20-14(18(22)23)7-8-27-4/h5-6,14H,7-9H2,1-4H3,(H,20,21)(H,22,23)/t14-/m0/s1. The number of rotatable bonds is 8. The molecule has 8 heteroatoms. The van der Waals surface area contributed by atoms with Gasteiger partial charge in [-0.25, -0.2) is 9.59 Å². The van der Waals surface area contributed by atoms with Gasteiger partial charge in [0.25, 0.3) is 5.91 Å². The van der Waals surface area contributed by atoms with Crippen LogP contribution >= 0.6 is 11.8 Å². The number of fused-ring (bicyclic) bond motifs is 1. The molecule has 2 aromatic rings. The van der Waals surface area contributed by atoms with Gasteiger partial charge in [0.1, 0.15) is 17.4 Å². The first kappa shape index (κ1) is 20.8. The first-order valence-corrected chi connectivity index (χ1v) is 9.83. The maximum Gasteiger partial charge on any atom is 0.339 e. The van der Waals surface area contributed by atoms with Gasteiger partial charge >= 0.3 is 11.6 Å². The predicted molar refractivity (Wildman–Crippen MR) is 105 cm³/mol. The lowest BCUT2D eigenvalue weighted by Gasteiger charge is -2.15. The fourth-order valence-corrected chi connectivity index (χ4v) is 3.12. The number of hydrogen-bond acceptors (Lipinski definition) is 6. The molecule has 1 amide bonds. The van der Waals surface area contributed by atoms with E-state index in [4.69, 9.17) is 14.3 Å². The van der Waals surface area contributed by atoms with Crippen LogP contribution < -0.4 is 15.7 Å². The predicted octanol–water partition coefficient (Wildman–Crippen LogP) is 2.42. The van der Waals surface area contributed by atoms with Gasteiger partial charge in [-0.15, -0.1) is 0 Å². The normalized spacial score (nSPS) is 12.0.